The first-order valence-electron chi connectivity index (χ1n) is 9.54. The lowest BCUT2D eigenvalue weighted by Gasteiger charge is -2.09. The number of fused-ring (bicyclic) bond motifs is 1. The summed E-state index contributed by atoms with van der Waals surface area (Å²) in [5.74, 6) is -0.0425. The number of methoxy groups -OCH3 is 1. The van der Waals surface area contributed by atoms with Crippen LogP contribution in [0.5, 0.6) is 6.01 Å². The molecule has 2 aromatic carbocycles. The molecule has 2 N–H and O–H groups in total. The fraction of sp³-hybridized carbons (Fsp3) is 0.182. The minimum absolute atomic E-state index is 0.182. The van der Waals surface area contributed by atoms with E-state index in [4.69, 9.17) is 15.2 Å². The van der Waals surface area contributed by atoms with Gasteiger partial charge in [-0.3, -0.25) is 9.36 Å². The van der Waals surface area contributed by atoms with Gasteiger partial charge in [0.15, 0.2) is 21.7 Å². The molecule has 0 amide bonds. The first kappa shape index (κ1) is 20.8. The van der Waals surface area contributed by atoms with Gasteiger partial charge in [0.05, 0.1) is 20.1 Å². The van der Waals surface area contributed by atoms with Gasteiger partial charge in [-0.1, -0.05) is 54.6 Å². The lowest BCUT2D eigenvalue weighted by atomic mass is 10.1. The van der Waals surface area contributed by atoms with Crippen LogP contribution in [0.15, 0.2) is 59.3 Å². The summed E-state index contributed by atoms with van der Waals surface area (Å²) in [6.45, 7) is 0.803. The summed E-state index contributed by atoms with van der Waals surface area (Å²) in [5, 5.41) is 0. The number of hydrogen-bond acceptors (Lipinski definition) is 7. The van der Waals surface area contributed by atoms with Crippen molar-refractivity contribution in [1.29, 1.82) is 0 Å². The first-order chi connectivity index (χ1) is 15.0. The molecular formula is C22H20BrN5O3. The van der Waals surface area contributed by atoms with E-state index in [0.29, 0.717) is 29.0 Å². The van der Waals surface area contributed by atoms with Crippen LogP contribution in [0.1, 0.15) is 16.7 Å². The third kappa shape index (κ3) is 4.83. The van der Waals surface area contributed by atoms with Gasteiger partial charge in [-0.2, -0.15) is 9.97 Å². The summed E-state index contributed by atoms with van der Waals surface area (Å²) in [4.78, 5) is 24.8. The molecule has 0 aliphatic heterocycles. The van der Waals surface area contributed by atoms with Gasteiger partial charge in [0, 0.05) is 0 Å². The van der Waals surface area contributed by atoms with Gasteiger partial charge in [0.25, 0.3) is 0 Å². The second-order valence-electron chi connectivity index (χ2n) is 6.88. The topological polar surface area (TPSA) is 105 Å². The maximum atomic E-state index is 11.6. The first-order valence-corrected chi connectivity index (χ1v) is 10.3. The van der Waals surface area contributed by atoms with Gasteiger partial charge < -0.3 is 15.2 Å². The van der Waals surface area contributed by atoms with Gasteiger partial charge in [-0.25, -0.2) is 4.98 Å². The lowest BCUT2D eigenvalue weighted by Crippen LogP contribution is -2.07. The van der Waals surface area contributed by atoms with Gasteiger partial charge in [-0.15, -0.1) is 0 Å². The van der Waals surface area contributed by atoms with Gasteiger partial charge in [0.1, 0.15) is 6.61 Å². The standard InChI is InChI=1S/C22H20BrN5O3/c1-30-17(29)11-15-8-5-9-16(10-15)12-28-20-18(25-21(28)23)19(24)26-22(27-20)31-13-14-6-3-2-4-7-14/h2-10H,11-13H2,1H3,(H2,24,26,27). The van der Waals surface area contributed by atoms with Crippen molar-refractivity contribution >= 4 is 38.9 Å². The van der Waals surface area contributed by atoms with Crippen molar-refractivity contribution in [1.82, 2.24) is 19.5 Å². The normalized spacial score (nSPS) is 10.9. The number of esters is 1. The Morgan fingerprint density at radius 2 is 1.77 bits per heavy atom. The number of nitrogens with zero attached hydrogens (tertiary/aromatic N) is 4. The molecule has 8 nitrogen and oxygen atoms in total. The minimum Gasteiger partial charge on any atom is -0.469 e. The van der Waals surface area contributed by atoms with Crippen molar-refractivity contribution < 1.29 is 14.3 Å². The van der Waals surface area contributed by atoms with E-state index in [0.717, 1.165) is 16.7 Å². The zero-order chi connectivity index (χ0) is 21.8. The number of anilines is 1. The number of rotatable bonds is 7. The quantitative estimate of drug-likeness (QED) is 0.318. The highest BCUT2D eigenvalue weighted by Gasteiger charge is 2.17. The Bertz CT molecular complexity index is 1230. The molecule has 0 atom stereocenters. The summed E-state index contributed by atoms with van der Waals surface area (Å²) < 4.78 is 13.0. The Kier molecular flexibility index (Phi) is 6.13. The molecule has 0 aliphatic rings. The highest BCUT2D eigenvalue weighted by atomic mass is 79.9. The van der Waals surface area contributed by atoms with E-state index >= 15 is 0 Å². The lowest BCUT2D eigenvalue weighted by molar-refractivity contribution is -0.139. The van der Waals surface area contributed by atoms with E-state index in [-0.39, 0.29) is 24.2 Å². The molecule has 0 saturated carbocycles. The van der Waals surface area contributed by atoms with Crippen LogP contribution in [0.3, 0.4) is 0 Å². The van der Waals surface area contributed by atoms with Gasteiger partial charge in [0.2, 0.25) is 0 Å². The monoisotopic (exact) mass is 481 g/mol. The van der Waals surface area contributed by atoms with Crippen molar-refractivity contribution in [3.63, 3.8) is 0 Å². The number of nitrogen functional groups attached to an aromatic ring is 1. The van der Waals surface area contributed by atoms with Crippen molar-refractivity contribution in [3.05, 3.63) is 76.0 Å². The van der Waals surface area contributed by atoms with Crippen LogP contribution in [0, 0.1) is 0 Å². The van der Waals surface area contributed by atoms with E-state index < -0.39 is 0 Å². The zero-order valence-electron chi connectivity index (χ0n) is 16.8. The molecule has 0 unspecified atom stereocenters. The Hall–Kier alpha value is -3.46. The van der Waals surface area contributed by atoms with E-state index in [9.17, 15) is 4.79 Å². The fourth-order valence-electron chi connectivity index (χ4n) is 3.16. The average Bonchev–Trinajstić information content (AvgIpc) is 3.09. The SMILES string of the molecule is COC(=O)Cc1cccc(Cn2c(Br)nc3c(N)nc(OCc4ccccc4)nc32)c1. The number of carbonyl (C=O) groups is 1. The third-order valence-corrected chi connectivity index (χ3v) is 5.28. The predicted molar refractivity (Wildman–Crippen MR) is 119 cm³/mol. The van der Waals surface area contributed by atoms with Crippen LogP contribution in [0.2, 0.25) is 0 Å². The van der Waals surface area contributed by atoms with Crippen molar-refractivity contribution in [3.8, 4) is 6.01 Å². The van der Waals surface area contributed by atoms with Crippen LogP contribution < -0.4 is 10.5 Å². The number of carbonyl (C=O) groups excluding carboxylic acids is 1. The number of hydrogen-bond donors (Lipinski definition) is 1. The van der Waals surface area contributed by atoms with Crippen LogP contribution in [0.4, 0.5) is 5.82 Å². The molecule has 2 heterocycles. The van der Waals surface area contributed by atoms with E-state index in [1.54, 1.807) is 0 Å². The molecular weight excluding hydrogens is 462 g/mol. The number of imidazole rings is 1. The Morgan fingerprint density at radius 3 is 2.55 bits per heavy atom. The van der Waals surface area contributed by atoms with E-state index in [1.165, 1.54) is 7.11 Å². The number of aromatic nitrogens is 4. The highest BCUT2D eigenvalue weighted by Crippen LogP contribution is 2.26. The summed E-state index contributed by atoms with van der Waals surface area (Å²) in [6, 6.07) is 17.6. The molecule has 2 aromatic heterocycles. The van der Waals surface area contributed by atoms with E-state index in [2.05, 4.69) is 30.9 Å². The molecule has 0 radical (unpaired) electrons. The molecule has 0 aliphatic carbocycles. The molecule has 31 heavy (non-hydrogen) atoms. The van der Waals surface area contributed by atoms with Crippen molar-refractivity contribution in [2.45, 2.75) is 19.6 Å². The zero-order valence-corrected chi connectivity index (χ0v) is 18.4. The fourth-order valence-corrected chi connectivity index (χ4v) is 3.63. The maximum Gasteiger partial charge on any atom is 0.320 e. The van der Waals surface area contributed by atoms with E-state index in [1.807, 2.05) is 59.2 Å². The predicted octanol–water partition coefficient (Wildman–Crippen LogP) is 3.51. The molecule has 0 bridgehead atoms. The third-order valence-electron chi connectivity index (χ3n) is 4.67. The Balaban J connectivity index is 1.62. The Morgan fingerprint density at radius 1 is 1.03 bits per heavy atom. The number of nitrogens with two attached hydrogens (primary N) is 1. The molecule has 0 saturated heterocycles. The minimum atomic E-state index is -0.285. The largest absolute Gasteiger partial charge is 0.469 e. The Labute approximate surface area is 187 Å². The molecule has 4 aromatic rings. The summed E-state index contributed by atoms with van der Waals surface area (Å²) in [5.41, 5.74) is 10.0. The number of benzene rings is 2. The van der Waals surface area contributed by atoms with Crippen LogP contribution in [-0.2, 0) is 29.1 Å². The van der Waals surface area contributed by atoms with Gasteiger partial charge >= 0.3 is 12.0 Å². The van der Waals surface area contributed by atoms with Gasteiger partial charge in [-0.05, 0) is 32.6 Å². The summed E-state index contributed by atoms with van der Waals surface area (Å²) in [6.07, 6.45) is 0.211. The molecule has 0 spiro atoms. The molecule has 9 heteroatoms. The highest BCUT2D eigenvalue weighted by molar-refractivity contribution is 9.10. The van der Waals surface area contributed by atoms with Crippen molar-refractivity contribution in [2.75, 3.05) is 12.8 Å². The second kappa shape index (κ2) is 9.13. The number of halogens is 1. The van der Waals surface area contributed by atoms with Crippen LogP contribution >= 0.6 is 15.9 Å². The average molecular weight is 482 g/mol. The smallest absolute Gasteiger partial charge is 0.320 e. The summed E-state index contributed by atoms with van der Waals surface area (Å²) in [7, 11) is 1.38. The maximum absolute atomic E-state index is 11.6. The molecule has 158 valence electrons. The molecule has 4 rings (SSSR count). The number of ether oxygens (including phenoxy) is 2. The van der Waals surface area contributed by atoms with Crippen LogP contribution in [0.25, 0.3) is 11.2 Å². The van der Waals surface area contributed by atoms with Crippen molar-refractivity contribution in [2.24, 2.45) is 0 Å². The summed E-state index contributed by atoms with van der Waals surface area (Å²) >= 11 is 3.49. The second-order valence-corrected chi connectivity index (χ2v) is 7.59. The molecule has 0 fully saturated rings. The van der Waals surface area contributed by atoms with Crippen LogP contribution in [-0.4, -0.2) is 32.6 Å².